The van der Waals surface area contributed by atoms with Gasteiger partial charge in [-0.3, -0.25) is 0 Å². The smallest absolute Gasteiger partial charge is 0.218 e. The summed E-state index contributed by atoms with van der Waals surface area (Å²) in [6, 6.07) is 2.40. The van der Waals surface area contributed by atoms with Gasteiger partial charge in [0.2, 0.25) is 5.88 Å². The summed E-state index contributed by atoms with van der Waals surface area (Å²) in [7, 11) is 2.12. The molecule has 82 valence electrons. The number of aromatic nitrogens is 2. The zero-order chi connectivity index (χ0) is 10.7. The number of ether oxygens (including phenoxy) is 1. The van der Waals surface area contributed by atoms with Gasteiger partial charge in [-0.25, -0.2) is 9.97 Å². The van der Waals surface area contributed by atoms with Gasteiger partial charge in [-0.05, 0) is 19.9 Å². The van der Waals surface area contributed by atoms with Crippen LogP contribution in [-0.2, 0) is 0 Å². The highest BCUT2D eigenvalue weighted by molar-refractivity contribution is 5.30. The SMILES string of the molecule is CN(CCOc1cc(N)ncn1)C1CC1. The normalized spacial score (nSPS) is 15.6. The maximum absolute atomic E-state index is 5.51. The second kappa shape index (κ2) is 4.44. The summed E-state index contributed by atoms with van der Waals surface area (Å²) in [6.07, 6.45) is 4.04. The number of nitrogen functional groups attached to an aromatic ring is 1. The molecular weight excluding hydrogens is 192 g/mol. The molecule has 1 fully saturated rings. The Bertz CT molecular complexity index is 327. The minimum absolute atomic E-state index is 0.440. The van der Waals surface area contributed by atoms with Crippen molar-refractivity contribution in [1.29, 1.82) is 0 Å². The number of rotatable bonds is 5. The summed E-state index contributed by atoms with van der Waals surface area (Å²) in [5.74, 6) is 0.988. The van der Waals surface area contributed by atoms with Crippen molar-refractivity contribution in [1.82, 2.24) is 14.9 Å². The quantitative estimate of drug-likeness (QED) is 0.764. The number of hydrogen-bond donors (Lipinski definition) is 1. The Morgan fingerprint density at radius 3 is 3.00 bits per heavy atom. The lowest BCUT2D eigenvalue weighted by Gasteiger charge is -2.15. The molecule has 0 spiro atoms. The lowest BCUT2D eigenvalue weighted by molar-refractivity contribution is 0.226. The Morgan fingerprint density at radius 2 is 2.33 bits per heavy atom. The van der Waals surface area contributed by atoms with Crippen LogP contribution in [0.4, 0.5) is 5.82 Å². The molecule has 1 heterocycles. The molecule has 0 saturated heterocycles. The van der Waals surface area contributed by atoms with Gasteiger partial charge in [0.15, 0.2) is 0 Å². The highest BCUT2D eigenvalue weighted by Crippen LogP contribution is 2.24. The number of nitrogens with zero attached hydrogens (tertiary/aromatic N) is 3. The average Bonchev–Trinajstić information content (AvgIpc) is 3.00. The first-order valence-electron chi connectivity index (χ1n) is 5.16. The lowest BCUT2D eigenvalue weighted by atomic mass is 10.5. The fraction of sp³-hybridized carbons (Fsp3) is 0.600. The molecule has 5 nitrogen and oxygen atoms in total. The van der Waals surface area contributed by atoms with Crippen LogP contribution in [0, 0.1) is 0 Å². The van der Waals surface area contributed by atoms with Gasteiger partial charge >= 0.3 is 0 Å². The molecule has 1 aliphatic carbocycles. The number of hydrogen-bond acceptors (Lipinski definition) is 5. The molecule has 0 atom stereocenters. The topological polar surface area (TPSA) is 64.3 Å². The van der Waals surface area contributed by atoms with E-state index in [2.05, 4.69) is 21.9 Å². The molecule has 1 aromatic rings. The van der Waals surface area contributed by atoms with E-state index in [-0.39, 0.29) is 0 Å². The summed E-state index contributed by atoms with van der Waals surface area (Å²) in [5.41, 5.74) is 5.51. The van der Waals surface area contributed by atoms with Crippen molar-refractivity contribution in [2.24, 2.45) is 0 Å². The van der Waals surface area contributed by atoms with E-state index < -0.39 is 0 Å². The monoisotopic (exact) mass is 208 g/mol. The summed E-state index contributed by atoms with van der Waals surface area (Å²) in [5, 5.41) is 0. The van der Waals surface area contributed by atoms with Gasteiger partial charge in [-0.1, -0.05) is 0 Å². The van der Waals surface area contributed by atoms with Crippen molar-refractivity contribution in [3.63, 3.8) is 0 Å². The minimum Gasteiger partial charge on any atom is -0.476 e. The molecule has 1 aliphatic rings. The van der Waals surface area contributed by atoms with E-state index in [1.807, 2.05) is 0 Å². The first kappa shape index (κ1) is 10.2. The molecule has 2 rings (SSSR count). The van der Waals surface area contributed by atoms with Crippen molar-refractivity contribution >= 4 is 5.82 Å². The first-order chi connectivity index (χ1) is 7.25. The molecule has 0 radical (unpaired) electrons. The maximum Gasteiger partial charge on any atom is 0.218 e. The summed E-state index contributed by atoms with van der Waals surface area (Å²) >= 11 is 0. The fourth-order valence-electron chi connectivity index (χ4n) is 1.42. The number of nitrogens with two attached hydrogens (primary N) is 1. The molecular formula is C10H16N4O. The summed E-state index contributed by atoms with van der Waals surface area (Å²) in [4.78, 5) is 10.1. The van der Waals surface area contributed by atoms with E-state index in [0.717, 1.165) is 12.6 Å². The van der Waals surface area contributed by atoms with Crippen molar-refractivity contribution in [3.05, 3.63) is 12.4 Å². The number of anilines is 1. The maximum atomic E-state index is 5.51. The van der Waals surface area contributed by atoms with Gasteiger partial charge in [-0.2, -0.15) is 0 Å². The van der Waals surface area contributed by atoms with Crippen LogP contribution < -0.4 is 10.5 Å². The largest absolute Gasteiger partial charge is 0.476 e. The zero-order valence-corrected chi connectivity index (χ0v) is 8.89. The number of likely N-dealkylation sites (N-methyl/N-ethyl adjacent to an activating group) is 1. The van der Waals surface area contributed by atoms with Crippen molar-refractivity contribution in [2.45, 2.75) is 18.9 Å². The molecule has 5 heteroatoms. The predicted molar refractivity (Wildman–Crippen MR) is 57.6 cm³/mol. The third kappa shape index (κ3) is 3.06. The Labute approximate surface area is 89.3 Å². The molecule has 1 saturated carbocycles. The molecule has 1 aromatic heterocycles. The van der Waals surface area contributed by atoms with Crippen LogP contribution in [0.3, 0.4) is 0 Å². The van der Waals surface area contributed by atoms with Crippen molar-refractivity contribution < 1.29 is 4.74 Å². The predicted octanol–water partition coefficient (Wildman–Crippen LogP) is 0.532. The minimum atomic E-state index is 0.440. The van der Waals surface area contributed by atoms with E-state index >= 15 is 0 Å². The molecule has 0 aromatic carbocycles. The van der Waals surface area contributed by atoms with Gasteiger partial charge in [0.25, 0.3) is 0 Å². The molecule has 15 heavy (non-hydrogen) atoms. The molecule has 0 unspecified atom stereocenters. The zero-order valence-electron chi connectivity index (χ0n) is 8.89. The Morgan fingerprint density at radius 1 is 1.53 bits per heavy atom. The van der Waals surface area contributed by atoms with Gasteiger partial charge in [0, 0.05) is 18.7 Å². The van der Waals surface area contributed by atoms with Gasteiger partial charge in [0.1, 0.15) is 18.8 Å². The Kier molecular flexibility index (Phi) is 3.01. The highest BCUT2D eigenvalue weighted by atomic mass is 16.5. The lowest BCUT2D eigenvalue weighted by Crippen LogP contribution is -2.26. The van der Waals surface area contributed by atoms with E-state index in [0.29, 0.717) is 18.3 Å². The van der Waals surface area contributed by atoms with Crippen LogP contribution in [0.25, 0.3) is 0 Å². The van der Waals surface area contributed by atoms with Crippen LogP contribution in [0.5, 0.6) is 5.88 Å². The second-order valence-corrected chi connectivity index (χ2v) is 3.84. The van der Waals surface area contributed by atoms with Gasteiger partial charge in [-0.15, -0.1) is 0 Å². The second-order valence-electron chi connectivity index (χ2n) is 3.84. The van der Waals surface area contributed by atoms with E-state index in [4.69, 9.17) is 10.5 Å². The average molecular weight is 208 g/mol. The van der Waals surface area contributed by atoms with E-state index in [1.165, 1.54) is 19.2 Å². The van der Waals surface area contributed by atoms with E-state index in [1.54, 1.807) is 6.07 Å². The summed E-state index contributed by atoms with van der Waals surface area (Å²) < 4.78 is 5.46. The van der Waals surface area contributed by atoms with Gasteiger partial charge < -0.3 is 15.4 Å². The summed E-state index contributed by atoms with van der Waals surface area (Å²) in [6.45, 7) is 1.57. The van der Waals surface area contributed by atoms with Crippen LogP contribution in [-0.4, -0.2) is 41.1 Å². The van der Waals surface area contributed by atoms with E-state index in [9.17, 15) is 0 Å². The van der Waals surface area contributed by atoms with Gasteiger partial charge in [0.05, 0.1) is 0 Å². The van der Waals surface area contributed by atoms with Crippen molar-refractivity contribution in [2.75, 3.05) is 25.9 Å². The molecule has 2 N–H and O–H groups in total. The van der Waals surface area contributed by atoms with Crippen LogP contribution >= 0.6 is 0 Å². The third-order valence-electron chi connectivity index (χ3n) is 2.53. The highest BCUT2D eigenvalue weighted by Gasteiger charge is 2.25. The van der Waals surface area contributed by atoms with Crippen molar-refractivity contribution in [3.8, 4) is 5.88 Å². The molecule has 0 bridgehead atoms. The molecule has 0 amide bonds. The Hall–Kier alpha value is -1.36. The first-order valence-corrected chi connectivity index (χ1v) is 5.16. The van der Waals surface area contributed by atoms with Crippen LogP contribution in [0.2, 0.25) is 0 Å². The molecule has 0 aliphatic heterocycles. The van der Waals surface area contributed by atoms with Crippen LogP contribution in [0.15, 0.2) is 12.4 Å². The fourth-order valence-corrected chi connectivity index (χ4v) is 1.42. The standard InChI is InChI=1S/C10H16N4O/c1-14(8-2-3-8)4-5-15-10-6-9(11)12-7-13-10/h6-8H,2-5H2,1H3,(H2,11,12,13). The third-order valence-corrected chi connectivity index (χ3v) is 2.53. The van der Waals surface area contributed by atoms with Crippen LogP contribution in [0.1, 0.15) is 12.8 Å². The Balaban J connectivity index is 1.73.